The standard InChI is InChI=1S/C10H13ClN2/c11-8-1-3-9(4-2-8)13-10-5-6-12-7-10/h1-4,10,12-13H,5-7H2/p+1/t10-/m1/s1. The lowest BCUT2D eigenvalue weighted by Gasteiger charge is -2.10. The van der Waals surface area contributed by atoms with E-state index in [-0.39, 0.29) is 0 Å². The summed E-state index contributed by atoms with van der Waals surface area (Å²) in [7, 11) is 0. The number of benzene rings is 1. The van der Waals surface area contributed by atoms with Gasteiger partial charge in [-0.15, -0.1) is 0 Å². The van der Waals surface area contributed by atoms with Crippen LogP contribution < -0.4 is 10.6 Å². The van der Waals surface area contributed by atoms with Crippen molar-refractivity contribution in [3.05, 3.63) is 29.3 Å². The molecule has 1 heterocycles. The van der Waals surface area contributed by atoms with E-state index in [0.29, 0.717) is 6.04 Å². The molecule has 2 rings (SSSR count). The Balaban J connectivity index is 1.97. The van der Waals surface area contributed by atoms with Crippen LogP contribution in [-0.2, 0) is 0 Å². The fraction of sp³-hybridized carbons (Fsp3) is 0.400. The van der Waals surface area contributed by atoms with Crippen molar-refractivity contribution in [1.29, 1.82) is 0 Å². The number of anilines is 1. The molecular weight excluding hydrogens is 184 g/mol. The molecule has 3 N–H and O–H groups in total. The van der Waals surface area contributed by atoms with Crippen molar-refractivity contribution >= 4 is 17.3 Å². The van der Waals surface area contributed by atoms with Crippen molar-refractivity contribution in [1.82, 2.24) is 0 Å². The maximum absolute atomic E-state index is 5.79. The Hall–Kier alpha value is -0.730. The first-order valence-corrected chi connectivity index (χ1v) is 5.06. The van der Waals surface area contributed by atoms with Gasteiger partial charge in [0.2, 0.25) is 0 Å². The predicted molar refractivity (Wildman–Crippen MR) is 55.1 cm³/mol. The third kappa shape index (κ3) is 2.36. The zero-order chi connectivity index (χ0) is 9.10. The van der Waals surface area contributed by atoms with Crippen molar-refractivity contribution in [3.63, 3.8) is 0 Å². The Morgan fingerprint density at radius 1 is 1.31 bits per heavy atom. The van der Waals surface area contributed by atoms with Crippen molar-refractivity contribution < 1.29 is 5.32 Å². The van der Waals surface area contributed by atoms with Gasteiger partial charge in [0.25, 0.3) is 0 Å². The van der Waals surface area contributed by atoms with Crippen LogP contribution >= 0.6 is 11.6 Å². The number of hydrogen-bond acceptors (Lipinski definition) is 1. The molecule has 13 heavy (non-hydrogen) atoms. The summed E-state index contributed by atoms with van der Waals surface area (Å²) in [6, 6.07) is 8.52. The molecule has 1 aliphatic rings. The summed E-state index contributed by atoms with van der Waals surface area (Å²) in [5.74, 6) is 0. The van der Waals surface area contributed by atoms with Gasteiger partial charge in [-0.3, -0.25) is 0 Å². The molecule has 70 valence electrons. The van der Waals surface area contributed by atoms with E-state index in [2.05, 4.69) is 10.6 Å². The molecule has 1 atom stereocenters. The zero-order valence-electron chi connectivity index (χ0n) is 7.46. The summed E-state index contributed by atoms with van der Waals surface area (Å²) in [5.41, 5.74) is 1.17. The molecule has 0 spiro atoms. The molecule has 1 aliphatic heterocycles. The van der Waals surface area contributed by atoms with E-state index >= 15 is 0 Å². The second kappa shape index (κ2) is 3.99. The van der Waals surface area contributed by atoms with Crippen LogP contribution in [0.2, 0.25) is 5.02 Å². The van der Waals surface area contributed by atoms with Gasteiger partial charge in [0.05, 0.1) is 19.1 Å². The van der Waals surface area contributed by atoms with E-state index in [1.807, 2.05) is 24.3 Å². The van der Waals surface area contributed by atoms with Crippen LogP contribution in [0, 0.1) is 0 Å². The summed E-state index contributed by atoms with van der Waals surface area (Å²) < 4.78 is 0. The van der Waals surface area contributed by atoms with Gasteiger partial charge in [-0.05, 0) is 24.3 Å². The van der Waals surface area contributed by atoms with Crippen LogP contribution in [0.3, 0.4) is 0 Å². The quantitative estimate of drug-likeness (QED) is 0.730. The SMILES string of the molecule is Clc1ccc(N[C@@H]2CC[NH2+]C2)cc1. The third-order valence-corrected chi connectivity index (χ3v) is 2.64. The number of rotatable bonds is 2. The van der Waals surface area contributed by atoms with E-state index in [4.69, 9.17) is 11.6 Å². The fourth-order valence-electron chi connectivity index (χ4n) is 1.67. The molecule has 1 saturated heterocycles. The maximum Gasteiger partial charge on any atom is 0.0962 e. The minimum absolute atomic E-state index is 0.626. The van der Waals surface area contributed by atoms with Gasteiger partial charge in [0, 0.05) is 17.1 Å². The Morgan fingerprint density at radius 2 is 2.08 bits per heavy atom. The van der Waals surface area contributed by atoms with Crippen LogP contribution in [0.15, 0.2) is 24.3 Å². The van der Waals surface area contributed by atoms with Crippen molar-refractivity contribution in [2.24, 2.45) is 0 Å². The monoisotopic (exact) mass is 197 g/mol. The number of hydrogen-bond donors (Lipinski definition) is 2. The molecule has 0 unspecified atom stereocenters. The number of quaternary nitrogens is 1. The second-order valence-corrected chi connectivity index (χ2v) is 3.89. The first kappa shape index (κ1) is 8.85. The van der Waals surface area contributed by atoms with E-state index in [9.17, 15) is 0 Å². The molecule has 0 radical (unpaired) electrons. The highest BCUT2D eigenvalue weighted by molar-refractivity contribution is 6.30. The smallest absolute Gasteiger partial charge is 0.0962 e. The highest BCUT2D eigenvalue weighted by Crippen LogP contribution is 2.14. The summed E-state index contributed by atoms with van der Waals surface area (Å²) in [6.07, 6.45) is 1.25. The Kier molecular flexibility index (Phi) is 2.71. The van der Waals surface area contributed by atoms with E-state index in [0.717, 1.165) is 5.02 Å². The number of nitrogens with one attached hydrogen (secondary N) is 1. The molecule has 1 aromatic rings. The van der Waals surface area contributed by atoms with E-state index in [1.165, 1.54) is 25.2 Å². The summed E-state index contributed by atoms with van der Waals surface area (Å²) in [6.45, 7) is 2.42. The van der Waals surface area contributed by atoms with Gasteiger partial charge in [0.15, 0.2) is 0 Å². The Labute approximate surface area is 83.3 Å². The van der Waals surface area contributed by atoms with Crippen LogP contribution in [0.5, 0.6) is 0 Å². The normalized spacial score (nSPS) is 21.8. The van der Waals surface area contributed by atoms with Crippen LogP contribution in [0.1, 0.15) is 6.42 Å². The molecule has 0 saturated carbocycles. The zero-order valence-corrected chi connectivity index (χ0v) is 8.22. The third-order valence-electron chi connectivity index (χ3n) is 2.39. The van der Waals surface area contributed by atoms with Crippen molar-refractivity contribution in [2.75, 3.05) is 18.4 Å². The summed E-state index contributed by atoms with van der Waals surface area (Å²) in [4.78, 5) is 0. The molecule has 2 nitrogen and oxygen atoms in total. The second-order valence-electron chi connectivity index (χ2n) is 3.45. The maximum atomic E-state index is 5.79. The molecule has 0 aromatic heterocycles. The highest BCUT2D eigenvalue weighted by Gasteiger charge is 2.16. The predicted octanol–water partition coefficient (Wildman–Crippen LogP) is 1.09. The molecular formula is C10H14ClN2+. The lowest BCUT2D eigenvalue weighted by atomic mass is 10.2. The van der Waals surface area contributed by atoms with Crippen molar-refractivity contribution in [3.8, 4) is 0 Å². The Bertz CT molecular complexity index is 265. The first-order valence-electron chi connectivity index (χ1n) is 4.68. The van der Waals surface area contributed by atoms with Crippen LogP contribution in [-0.4, -0.2) is 19.1 Å². The molecule has 1 fully saturated rings. The average molecular weight is 198 g/mol. The number of halogens is 1. The van der Waals surface area contributed by atoms with E-state index in [1.54, 1.807) is 0 Å². The topological polar surface area (TPSA) is 28.6 Å². The minimum Gasteiger partial charge on any atom is -0.377 e. The van der Waals surface area contributed by atoms with E-state index < -0.39 is 0 Å². The first-order chi connectivity index (χ1) is 6.34. The lowest BCUT2D eigenvalue weighted by molar-refractivity contribution is -0.636. The van der Waals surface area contributed by atoms with Crippen LogP contribution in [0.25, 0.3) is 0 Å². The molecule has 0 amide bonds. The lowest BCUT2D eigenvalue weighted by Crippen LogP contribution is -2.81. The van der Waals surface area contributed by atoms with Crippen molar-refractivity contribution in [2.45, 2.75) is 12.5 Å². The van der Waals surface area contributed by atoms with Gasteiger partial charge in [-0.25, -0.2) is 0 Å². The fourth-order valence-corrected chi connectivity index (χ4v) is 1.79. The largest absolute Gasteiger partial charge is 0.377 e. The average Bonchev–Trinajstić information content (AvgIpc) is 2.62. The van der Waals surface area contributed by atoms with Gasteiger partial charge in [-0.2, -0.15) is 0 Å². The minimum atomic E-state index is 0.626. The highest BCUT2D eigenvalue weighted by atomic mass is 35.5. The van der Waals surface area contributed by atoms with Gasteiger partial charge in [0.1, 0.15) is 0 Å². The summed E-state index contributed by atoms with van der Waals surface area (Å²) >= 11 is 5.79. The number of nitrogens with two attached hydrogens (primary N) is 1. The summed E-state index contributed by atoms with van der Waals surface area (Å²) in [5, 5.41) is 6.61. The van der Waals surface area contributed by atoms with Gasteiger partial charge >= 0.3 is 0 Å². The molecule has 0 aliphatic carbocycles. The van der Waals surface area contributed by atoms with Crippen LogP contribution in [0.4, 0.5) is 5.69 Å². The van der Waals surface area contributed by atoms with Gasteiger partial charge < -0.3 is 10.6 Å². The Morgan fingerprint density at radius 3 is 2.69 bits per heavy atom. The molecule has 3 heteroatoms. The molecule has 0 bridgehead atoms. The van der Waals surface area contributed by atoms with Gasteiger partial charge in [-0.1, -0.05) is 11.6 Å². The molecule has 1 aromatic carbocycles.